The van der Waals surface area contributed by atoms with E-state index in [0.29, 0.717) is 19.7 Å². The fourth-order valence-electron chi connectivity index (χ4n) is 3.12. The first-order valence-corrected chi connectivity index (χ1v) is 9.63. The Labute approximate surface area is 166 Å². The lowest BCUT2D eigenvalue weighted by Gasteiger charge is -2.18. The number of hydrogen-bond donors (Lipinski definition) is 1. The Hall–Kier alpha value is -3.02. The third-order valence-electron chi connectivity index (χ3n) is 4.82. The van der Waals surface area contributed by atoms with Crippen LogP contribution in [0.3, 0.4) is 0 Å². The topological polar surface area (TPSA) is 59.4 Å². The minimum Gasteiger partial charge on any atom is -0.491 e. The molecular formula is C22H28N4O2. The van der Waals surface area contributed by atoms with Gasteiger partial charge in [0.1, 0.15) is 12.4 Å². The van der Waals surface area contributed by atoms with E-state index in [9.17, 15) is 4.79 Å². The van der Waals surface area contributed by atoms with Crippen molar-refractivity contribution in [3.8, 4) is 5.75 Å². The van der Waals surface area contributed by atoms with Crippen LogP contribution < -0.4 is 10.1 Å². The van der Waals surface area contributed by atoms with Crippen LogP contribution >= 0.6 is 0 Å². The largest absolute Gasteiger partial charge is 0.491 e. The summed E-state index contributed by atoms with van der Waals surface area (Å²) in [5.74, 6) is 0.866. The Morgan fingerprint density at radius 2 is 2.00 bits per heavy atom. The smallest absolute Gasteiger partial charge is 0.317 e. The van der Waals surface area contributed by atoms with Crippen LogP contribution in [0.25, 0.3) is 10.9 Å². The first kappa shape index (κ1) is 19.7. The lowest BCUT2D eigenvalue weighted by atomic mass is 10.1. The molecule has 28 heavy (non-hydrogen) atoms. The van der Waals surface area contributed by atoms with Gasteiger partial charge in [0.2, 0.25) is 0 Å². The highest BCUT2D eigenvalue weighted by atomic mass is 16.5. The monoisotopic (exact) mass is 380 g/mol. The molecule has 2 amide bonds. The van der Waals surface area contributed by atoms with E-state index in [-0.39, 0.29) is 6.03 Å². The number of nitrogens with zero attached hydrogens (tertiary/aromatic N) is 3. The molecule has 3 rings (SSSR count). The fraction of sp³-hybridized carbons (Fsp3) is 0.364. The van der Waals surface area contributed by atoms with Crippen molar-refractivity contribution < 1.29 is 9.53 Å². The molecule has 0 bridgehead atoms. The summed E-state index contributed by atoms with van der Waals surface area (Å²) in [7, 11) is 1.77. The molecule has 3 aromatic rings. The first-order valence-electron chi connectivity index (χ1n) is 9.63. The Kier molecular flexibility index (Phi) is 6.19. The van der Waals surface area contributed by atoms with E-state index < -0.39 is 0 Å². The number of hydrogen-bond acceptors (Lipinski definition) is 3. The van der Waals surface area contributed by atoms with E-state index >= 15 is 0 Å². The van der Waals surface area contributed by atoms with Crippen molar-refractivity contribution in [3.63, 3.8) is 0 Å². The zero-order valence-corrected chi connectivity index (χ0v) is 17.0. The van der Waals surface area contributed by atoms with Gasteiger partial charge >= 0.3 is 6.03 Å². The van der Waals surface area contributed by atoms with Gasteiger partial charge in [0.15, 0.2) is 0 Å². The molecule has 0 aliphatic rings. The molecule has 0 saturated carbocycles. The molecule has 1 aromatic heterocycles. The van der Waals surface area contributed by atoms with Crippen LogP contribution in [0.15, 0.2) is 42.5 Å². The minimum atomic E-state index is -0.139. The van der Waals surface area contributed by atoms with Gasteiger partial charge in [-0.3, -0.25) is 4.68 Å². The fourth-order valence-corrected chi connectivity index (χ4v) is 3.12. The second kappa shape index (κ2) is 8.78. The van der Waals surface area contributed by atoms with Crippen molar-refractivity contribution in [2.24, 2.45) is 0 Å². The highest BCUT2D eigenvalue weighted by molar-refractivity contribution is 5.82. The number of aromatic nitrogens is 2. The number of likely N-dealkylation sites (N-methyl/N-ethyl adjacent to an activating group) is 1. The van der Waals surface area contributed by atoms with Gasteiger partial charge in [-0.15, -0.1) is 0 Å². The zero-order valence-electron chi connectivity index (χ0n) is 17.0. The lowest BCUT2D eigenvalue weighted by Crippen LogP contribution is -2.39. The molecule has 6 nitrogen and oxygen atoms in total. The van der Waals surface area contributed by atoms with E-state index in [0.717, 1.165) is 40.0 Å². The molecule has 0 fully saturated rings. The molecule has 0 spiro atoms. The maximum Gasteiger partial charge on any atom is 0.317 e. The Balaban J connectivity index is 1.53. The summed E-state index contributed by atoms with van der Waals surface area (Å²) in [4.78, 5) is 14.0. The van der Waals surface area contributed by atoms with E-state index in [4.69, 9.17) is 4.74 Å². The van der Waals surface area contributed by atoms with Crippen molar-refractivity contribution in [2.75, 3.05) is 20.2 Å². The number of para-hydroxylation sites is 1. The summed E-state index contributed by atoms with van der Waals surface area (Å²) in [5, 5.41) is 8.65. The molecule has 1 heterocycles. The molecule has 2 aromatic carbocycles. The number of ether oxygens (including phenoxy) is 1. The van der Waals surface area contributed by atoms with Crippen LogP contribution in [0.1, 0.15) is 23.7 Å². The van der Waals surface area contributed by atoms with Crippen molar-refractivity contribution in [2.45, 2.75) is 33.9 Å². The lowest BCUT2D eigenvalue weighted by molar-refractivity contribution is 0.194. The molecule has 0 aliphatic carbocycles. The summed E-state index contributed by atoms with van der Waals surface area (Å²) in [6.45, 7) is 8.26. The van der Waals surface area contributed by atoms with Gasteiger partial charge in [-0.1, -0.05) is 30.3 Å². The van der Waals surface area contributed by atoms with Gasteiger partial charge in [-0.05, 0) is 44.0 Å². The Bertz CT molecular complexity index is 964. The summed E-state index contributed by atoms with van der Waals surface area (Å²) >= 11 is 0. The van der Waals surface area contributed by atoms with Crippen LogP contribution in [-0.2, 0) is 13.1 Å². The number of amides is 2. The Morgan fingerprint density at radius 3 is 2.79 bits per heavy atom. The number of carbonyl (C=O) groups is 1. The number of benzene rings is 2. The minimum absolute atomic E-state index is 0.139. The third-order valence-corrected chi connectivity index (χ3v) is 4.82. The highest BCUT2D eigenvalue weighted by Crippen LogP contribution is 2.19. The van der Waals surface area contributed by atoms with E-state index in [1.165, 1.54) is 0 Å². The summed E-state index contributed by atoms with van der Waals surface area (Å²) < 4.78 is 7.80. The van der Waals surface area contributed by atoms with Crippen molar-refractivity contribution in [3.05, 3.63) is 59.3 Å². The number of carbonyl (C=O) groups excluding carboxylic acids is 1. The zero-order chi connectivity index (χ0) is 20.1. The van der Waals surface area contributed by atoms with Crippen LogP contribution in [-0.4, -0.2) is 40.9 Å². The summed E-state index contributed by atoms with van der Waals surface area (Å²) in [6.07, 6.45) is 0. The number of rotatable bonds is 7. The van der Waals surface area contributed by atoms with Crippen molar-refractivity contribution in [1.82, 2.24) is 20.0 Å². The first-order chi connectivity index (χ1) is 13.5. The van der Waals surface area contributed by atoms with Gasteiger partial charge in [-0.2, -0.15) is 5.10 Å². The molecule has 0 aliphatic heterocycles. The molecular weight excluding hydrogens is 352 g/mol. The quantitative estimate of drug-likeness (QED) is 0.676. The molecule has 0 unspecified atom stereocenters. The van der Waals surface area contributed by atoms with Crippen LogP contribution in [0.5, 0.6) is 5.75 Å². The maximum absolute atomic E-state index is 12.4. The van der Waals surface area contributed by atoms with Crippen molar-refractivity contribution >= 4 is 16.9 Å². The maximum atomic E-state index is 12.4. The normalized spacial score (nSPS) is 10.9. The van der Waals surface area contributed by atoms with Crippen LogP contribution in [0.4, 0.5) is 4.79 Å². The van der Waals surface area contributed by atoms with Gasteiger partial charge in [0.25, 0.3) is 0 Å². The molecule has 148 valence electrons. The van der Waals surface area contributed by atoms with E-state index in [1.807, 2.05) is 54.9 Å². The molecule has 0 atom stereocenters. The second-order valence-electron chi connectivity index (χ2n) is 6.98. The Morgan fingerprint density at radius 1 is 1.21 bits per heavy atom. The molecule has 1 N–H and O–H groups in total. The number of aryl methyl sites for hydroxylation is 3. The van der Waals surface area contributed by atoms with E-state index in [2.05, 4.69) is 23.4 Å². The standard InChI is InChI=1S/C22H28N4O2/c1-5-26-20-9-7-6-8-18(20)19(24-26)15-23-22(27)25(4)12-13-28-21-14-16(2)10-11-17(21)3/h6-11,14H,5,12-13,15H2,1-4H3,(H,23,27). The summed E-state index contributed by atoms with van der Waals surface area (Å²) in [6, 6.07) is 14.1. The number of fused-ring (bicyclic) bond motifs is 1. The average Bonchev–Trinajstić information content (AvgIpc) is 3.06. The summed E-state index contributed by atoms with van der Waals surface area (Å²) in [5.41, 5.74) is 4.22. The van der Waals surface area contributed by atoms with Gasteiger partial charge in [0.05, 0.1) is 24.3 Å². The van der Waals surface area contributed by atoms with Gasteiger partial charge in [-0.25, -0.2) is 4.79 Å². The average molecular weight is 380 g/mol. The third kappa shape index (κ3) is 4.44. The predicted octanol–water partition coefficient (Wildman–Crippen LogP) is 3.89. The molecule has 0 radical (unpaired) electrons. The highest BCUT2D eigenvalue weighted by Gasteiger charge is 2.13. The van der Waals surface area contributed by atoms with Gasteiger partial charge in [0, 0.05) is 19.0 Å². The van der Waals surface area contributed by atoms with Crippen LogP contribution in [0, 0.1) is 13.8 Å². The van der Waals surface area contributed by atoms with Crippen molar-refractivity contribution in [1.29, 1.82) is 0 Å². The number of urea groups is 1. The number of nitrogens with one attached hydrogen (secondary N) is 1. The predicted molar refractivity (Wildman–Crippen MR) is 112 cm³/mol. The molecule has 0 saturated heterocycles. The van der Waals surface area contributed by atoms with Gasteiger partial charge < -0.3 is 15.0 Å². The SMILES string of the molecule is CCn1nc(CNC(=O)N(C)CCOc2cc(C)ccc2C)c2ccccc21. The second-order valence-corrected chi connectivity index (χ2v) is 6.98. The van der Waals surface area contributed by atoms with Crippen LogP contribution in [0.2, 0.25) is 0 Å². The molecule has 6 heteroatoms. The van der Waals surface area contributed by atoms with E-state index in [1.54, 1.807) is 11.9 Å².